The first-order valence-corrected chi connectivity index (χ1v) is 10.2. The first-order valence-electron chi connectivity index (χ1n) is 7.39. The Kier molecular flexibility index (Phi) is 5.71. The molecule has 0 spiro atoms. The first-order chi connectivity index (χ1) is 12.1. The highest BCUT2D eigenvalue weighted by Gasteiger charge is 2.34. The number of nitrogens with two attached hydrogens (primary N) is 1. The minimum absolute atomic E-state index is 0.180. The lowest BCUT2D eigenvalue weighted by molar-refractivity contribution is -0.115. The maximum absolute atomic E-state index is 12.2. The second-order valence-electron chi connectivity index (χ2n) is 5.10. The fourth-order valence-electron chi connectivity index (χ4n) is 2.27. The van der Waals surface area contributed by atoms with Crippen LogP contribution in [-0.2, 0) is 4.79 Å². The van der Waals surface area contributed by atoms with Gasteiger partial charge in [-0.15, -0.1) is 10.2 Å². The summed E-state index contributed by atoms with van der Waals surface area (Å²) in [5, 5.41) is 8.02. The van der Waals surface area contributed by atoms with Gasteiger partial charge in [-0.2, -0.15) is 0 Å². The Bertz CT molecular complexity index is 789. The van der Waals surface area contributed by atoms with E-state index in [2.05, 4.69) is 10.2 Å². The molecule has 2 aromatic rings. The van der Waals surface area contributed by atoms with E-state index in [0.717, 1.165) is 4.34 Å². The molecule has 0 saturated carbocycles. The molecule has 0 atom stereocenters. The Morgan fingerprint density at radius 1 is 1.08 bits per heavy atom. The zero-order chi connectivity index (χ0) is 17.8. The molecule has 0 radical (unpaired) electrons. The maximum Gasteiger partial charge on any atom is 0.261 e. The van der Waals surface area contributed by atoms with Crippen molar-refractivity contribution in [1.29, 1.82) is 0 Å². The number of hydrogen-bond donors (Lipinski definition) is 1. The number of imide groups is 1. The van der Waals surface area contributed by atoms with Gasteiger partial charge in [0.25, 0.3) is 11.8 Å². The van der Waals surface area contributed by atoms with Gasteiger partial charge in [0.1, 0.15) is 0 Å². The van der Waals surface area contributed by atoms with E-state index >= 15 is 0 Å². The molecular weight excluding hydrogens is 380 g/mol. The third-order valence-electron chi connectivity index (χ3n) is 3.36. The van der Waals surface area contributed by atoms with Crippen molar-refractivity contribution in [3.05, 3.63) is 35.4 Å². The minimum atomic E-state index is -0.393. The predicted octanol–water partition coefficient (Wildman–Crippen LogP) is 1.89. The van der Waals surface area contributed by atoms with E-state index in [9.17, 15) is 14.4 Å². The highest BCUT2D eigenvalue weighted by molar-refractivity contribution is 8.03. The standard InChI is InChI=1S/C15H14N4O3S3/c16-11(20)8-24-15-18-17-14(25-15)23-7-3-6-19-12(21)9-4-1-2-5-10(9)13(19)22/h1-2,4-5H,3,6-8H2,(H2,16,20). The first kappa shape index (κ1) is 17.9. The number of fused-ring (bicyclic) bond motifs is 1. The van der Waals surface area contributed by atoms with Crippen LogP contribution in [0.3, 0.4) is 0 Å². The minimum Gasteiger partial charge on any atom is -0.369 e. The van der Waals surface area contributed by atoms with Crippen LogP contribution in [0.25, 0.3) is 0 Å². The summed E-state index contributed by atoms with van der Waals surface area (Å²) in [4.78, 5) is 36.5. The van der Waals surface area contributed by atoms with E-state index in [1.165, 1.54) is 39.8 Å². The van der Waals surface area contributed by atoms with E-state index in [1.807, 2.05) is 0 Å². The maximum atomic E-state index is 12.2. The summed E-state index contributed by atoms with van der Waals surface area (Å²) in [5.74, 6) is 0.0373. The molecule has 1 aliphatic heterocycles. The van der Waals surface area contributed by atoms with Gasteiger partial charge in [-0.05, 0) is 18.6 Å². The second-order valence-corrected chi connectivity index (χ2v) is 8.64. The monoisotopic (exact) mass is 394 g/mol. The van der Waals surface area contributed by atoms with Crippen molar-refractivity contribution in [3.63, 3.8) is 0 Å². The van der Waals surface area contributed by atoms with Crippen LogP contribution in [0, 0.1) is 0 Å². The molecule has 0 bridgehead atoms. The fourth-order valence-corrected chi connectivity index (χ4v) is 5.02. The molecular formula is C15H14N4O3S3. The van der Waals surface area contributed by atoms with E-state index < -0.39 is 5.91 Å². The van der Waals surface area contributed by atoms with Crippen LogP contribution in [0.1, 0.15) is 27.1 Å². The van der Waals surface area contributed by atoms with Gasteiger partial charge >= 0.3 is 0 Å². The van der Waals surface area contributed by atoms with Crippen molar-refractivity contribution >= 4 is 52.6 Å². The number of primary amides is 1. The van der Waals surface area contributed by atoms with Gasteiger partial charge in [0.15, 0.2) is 8.68 Å². The summed E-state index contributed by atoms with van der Waals surface area (Å²) in [6.45, 7) is 0.376. The Morgan fingerprint density at radius 3 is 2.28 bits per heavy atom. The van der Waals surface area contributed by atoms with Gasteiger partial charge in [-0.3, -0.25) is 19.3 Å². The van der Waals surface area contributed by atoms with E-state index in [1.54, 1.807) is 24.3 Å². The van der Waals surface area contributed by atoms with Crippen LogP contribution in [0.4, 0.5) is 0 Å². The zero-order valence-electron chi connectivity index (χ0n) is 13.0. The Balaban J connectivity index is 1.46. The quantitative estimate of drug-likeness (QED) is 0.414. The highest BCUT2D eigenvalue weighted by Crippen LogP contribution is 2.29. The topological polar surface area (TPSA) is 106 Å². The van der Waals surface area contributed by atoms with Gasteiger partial charge < -0.3 is 5.73 Å². The highest BCUT2D eigenvalue weighted by atomic mass is 32.2. The number of carbonyl (C=O) groups is 3. The molecule has 130 valence electrons. The van der Waals surface area contributed by atoms with Crippen molar-refractivity contribution < 1.29 is 14.4 Å². The molecule has 0 fully saturated rings. The predicted molar refractivity (Wildman–Crippen MR) is 97.0 cm³/mol. The summed E-state index contributed by atoms with van der Waals surface area (Å²) < 4.78 is 1.48. The smallest absolute Gasteiger partial charge is 0.261 e. The van der Waals surface area contributed by atoms with Crippen molar-refractivity contribution in [3.8, 4) is 0 Å². The lowest BCUT2D eigenvalue weighted by Gasteiger charge is -2.12. The number of thioether (sulfide) groups is 2. The summed E-state index contributed by atoms with van der Waals surface area (Å²) in [6, 6.07) is 6.87. The van der Waals surface area contributed by atoms with Crippen LogP contribution >= 0.6 is 34.9 Å². The zero-order valence-corrected chi connectivity index (χ0v) is 15.5. The second kappa shape index (κ2) is 7.98. The third kappa shape index (κ3) is 4.20. The largest absolute Gasteiger partial charge is 0.369 e. The van der Waals surface area contributed by atoms with Crippen LogP contribution in [0.5, 0.6) is 0 Å². The number of amides is 3. The molecule has 25 heavy (non-hydrogen) atoms. The molecule has 3 rings (SSSR count). The molecule has 0 saturated heterocycles. The van der Waals surface area contributed by atoms with Gasteiger partial charge in [0.05, 0.1) is 16.9 Å². The average molecular weight is 395 g/mol. The summed E-state index contributed by atoms with van der Waals surface area (Å²) in [6.07, 6.45) is 0.666. The molecule has 2 heterocycles. The van der Waals surface area contributed by atoms with Crippen molar-refractivity contribution in [2.75, 3.05) is 18.1 Å². The molecule has 10 heteroatoms. The van der Waals surface area contributed by atoms with Crippen LogP contribution in [0.15, 0.2) is 32.9 Å². The molecule has 1 aliphatic rings. The van der Waals surface area contributed by atoms with E-state index in [4.69, 9.17) is 5.73 Å². The van der Waals surface area contributed by atoms with Crippen molar-refractivity contribution in [1.82, 2.24) is 15.1 Å². The number of benzene rings is 1. The van der Waals surface area contributed by atoms with E-state index in [0.29, 0.717) is 34.2 Å². The van der Waals surface area contributed by atoms with Crippen molar-refractivity contribution in [2.24, 2.45) is 5.73 Å². The van der Waals surface area contributed by atoms with Gasteiger partial charge in [-0.1, -0.05) is 47.0 Å². The number of aromatic nitrogens is 2. The number of carbonyl (C=O) groups excluding carboxylic acids is 3. The van der Waals surface area contributed by atoms with E-state index in [-0.39, 0.29) is 17.6 Å². The van der Waals surface area contributed by atoms with Crippen LogP contribution < -0.4 is 5.73 Å². The summed E-state index contributed by atoms with van der Waals surface area (Å²) in [5.41, 5.74) is 6.04. The molecule has 0 unspecified atom stereocenters. The van der Waals surface area contributed by atoms with Gasteiger partial charge in [0, 0.05) is 12.3 Å². The molecule has 2 N–H and O–H groups in total. The average Bonchev–Trinajstić information content (AvgIpc) is 3.15. The molecule has 3 amide bonds. The SMILES string of the molecule is NC(=O)CSc1nnc(SCCCN2C(=O)c3ccccc3C2=O)s1. The Labute approximate surface area is 156 Å². The van der Waals surface area contributed by atoms with Gasteiger partial charge in [-0.25, -0.2) is 0 Å². The molecule has 1 aromatic carbocycles. The van der Waals surface area contributed by atoms with Crippen LogP contribution in [-0.4, -0.2) is 50.9 Å². The number of nitrogens with zero attached hydrogens (tertiary/aromatic N) is 3. The third-order valence-corrected chi connectivity index (χ3v) is 6.65. The molecule has 7 nitrogen and oxygen atoms in total. The Morgan fingerprint density at radius 2 is 1.68 bits per heavy atom. The number of hydrogen-bond acceptors (Lipinski definition) is 8. The Hall–Kier alpha value is -1.91. The fraction of sp³-hybridized carbons (Fsp3) is 0.267. The molecule has 0 aliphatic carbocycles. The molecule has 1 aromatic heterocycles. The lowest BCUT2D eigenvalue weighted by atomic mass is 10.1. The lowest BCUT2D eigenvalue weighted by Crippen LogP contribution is -2.30. The van der Waals surface area contributed by atoms with Crippen molar-refractivity contribution in [2.45, 2.75) is 15.1 Å². The summed E-state index contributed by atoms with van der Waals surface area (Å²) >= 11 is 4.17. The van der Waals surface area contributed by atoms with Crippen LogP contribution in [0.2, 0.25) is 0 Å². The normalized spacial score (nSPS) is 13.4. The number of rotatable bonds is 8. The van der Waals surface area contributed by atoms with Gasteiger partial charge in [0.2, 0.25) is 5.91 Å². The summed E-state index contributed by atoms with van der Waals surface area (Å²) in [7, 11) is 0.